The highest BCUT2D eigenvalue weighted by atomic mass is 32.2. The van der Waals surface area contributed by atoms with E-state index in [1.54, 1.807) is 6.92 Å². The minimum Gasteiger partial charge on any atom is -0.324 e. The Morgan fingerprint density at radius 2 is 1.94 bits per heavy atom. The van der Waals surface area contributed by atoms with Crippen molar-refractivity contribution in [1.82, 2.24) is 0 Å². The lowest BCUT2D eigenvalue weighted by Gasteiger charge is -2.16. The highest BCUT2D eigenvalue weighted by Gasteiger charge is 2.12. The Morgan fingerprint density at radius 1 is 1.28 bits per heavy atom. The fourth-order valence-corrected chi connectivity index (χ4v) is 2.89. The smallest absolute Gasteiger partial charge is 0.150 e. The maximum absolute atomic E-state index is 11.4. The molecule has 18 heavy (non-hydrogen) atoms. The van der Waals surface area contributed by atoms with Gasteiger partial charge in [-0.3, -0.25) is 0 Å². The van der Waals surface area contributed by atoms with E-state index in [4.69, 9.17) is 5.73 Å². The molecule has 0 aliphatic rings. The molecule has 1 unspecified atom stereocenters. The predicted octanol–water partition coefficient (Wildman–Crippen LogP) is 2.52. The lowest BCUT2D eigenvalue weighted by molar-refractivity contribution is 0.583. The van der Waals surface area contributed by atoms with Crippen LogP contribution in [0.25, 0.3) is 0 Å². The quantitative estimate of drug-likeness (QED) is 0.863. The predicted molar refractivity (Wildman–Crippen MR) is 76.4 cm³/mol. The second-order valence-corrected chi connectivity index (χ2v) is 7.25. The molecule has 1 aromatic carbocycles. The van der Waals surface area contributed by atoms with Crippen LogP contribution in [0.3, 0.4) is 0 Å². The van der Waals surface area contributed by atoms with Crippen LogP contribution in [-0.2, 0) is 9.84 Å². The van der Waals surface area contributed by atoms with Gasteiger partial charge >= 0.3 is 0 Å². The minimum atomic E-state index is -2.87. The largest absolute Gasteiger partial charge is 0.324 e. The zero-order valence-corrected chi connectivity index (χ0v) is 12.3. The Kier molecular flexibility index (Phi) is 5.35. The van der Waals surface area contributed by atoms with Crippen molar-refractivity contribution in [2.75, 3.05) is 11.5 Å². The van der Waals surface area contributed by atoms with Gasteiger partial charge in [0.2, 0.25) is 0 Å². The molecule has 0 aromatic heterocycles. The van der Waals surface area contributed by atoms with Gasteiger partial charge in [0, 0.05) is 11.8 Å². The standard InChI is InChI=1S/C14H23NO2S/c1-4-18(16,17)10-6-9-14(15)13-8-5-7-11(2)12(13)3/h5,7-8,14H,4,6,9-10,15H2,1-3H3. The van der Waals surface area contributed by atoms with E-state index in [1.807, 2.05) is 12.1 Å². The van der Waals surface area contributed by atoms with Crippen molar-refractivity contribution in [3.63, 3.8) is 0 Å². The molecule has 4 heteroatoms. The maximum Gasteiger partial charge on any atom is 0.150 e. The van der Waals surface area contributed by atoms with Crippen LogP contribution in [0.5, 0.6) is 0 Å². The first kappa shape index (κ1) is 15.2. The molecule has 0 aliphatic carbocycles. The molecule has 0 aliphatic heterocycles. The van der Waals surface area contributed by atoms with Crippen molar-refractivity contribution in [2.24, 2.45) is 5.73 Å². The Morgan fingerprint density at radius 3 is 2.56 bits per heavy atom. The summed E-state index contributed by atoms with van der Waals surface area (Å²) in [5, 5.41) is 0. The summed E-state index contributed by atoms with van der Waals surface area (Å²) in [6.07, 6.45) is 1.34. The topological polar surface area (TPSA) is 60.2 Å². The van der Waals surface area contributed by atoms with Crippen LogP contribution in [0, 0.1) is 13.8 Å². The van der Waals surface area contributed by atoms with Crippen molar-refractivity contribution in [2.45, 2.75) is 39.7 Å². The molecule has 3 nitrogen and oxygen atoms in total. The van der Waals surface area contributed by atoms with Crippen LogP contribution in [0.1, 0.15) is 42.5 Å². The summed E-state index contributed by atoms with van der Waals surface area (Å²) in [6, 6.07) is 6.02. The number of sulfone groups is 1. The zero-order chi connectivity index (χ0) is 13.8. The van der Waals surface area contributed by atoms with Crippen molar-refractivity contribution in [3.05, 3.63) is 34.9 Å². The first-order chi connectivity index (χ1) is 8.37. The van der Waals surface area contributed by atoms with Gasteiger partial charge in [-0.2, -0.15) is 0 Å². The summed E-state index contributed by atoms with van der Waals surface area (Å²) in [5.74, 6) is 0.452. The molecular formula is C14H23NO2S. The van der Waals surface area contributed by atoms with E-state index >= 15 is 0 Å². The Hall–Kier alpha value is -0.870. The second-order valence-electron chi connectivity index (χ2n) is 4.77. The van der Waals surface area contributed by atoms with Crippen LogP contribution in [-0.4, -0.2) is 19.9 Å². The maximum atomic E-state index is 11.4. The number of benzene rings is 1. The number of hydrogen-bond acceptors (Lipinski definition) is 3. The lowest BCUT2D eigenvalue weighted by atomic mass is 9.95. The molecule has 0 amide bonds. The van der Waals surface area contributed by atoms with E-state index in [-0.39, 0.29) is 17.5 Å². The summed E-state index contributed by atoms with van der Waals surface area (Å²) in [7, 11) is -2.87. The van der Waals surface area contributed by atoms with E-state index in [1.165, 1.54) is 11.1 Å². The summed E-state index contributed by atoms with van der Waals surface area (Å²) in [5.41, 5.74) is 9.71. The number of rotatable bonds is 6. The van der Waals surface area contributed by atoms with Gasteiger partial charge in [-0.05, 0) is 43.4 Å². The Balaban J connectivity index is 2.61. The van der Waals surface area contributed by atoms with E-state index in [0.717, 1.165) is 5.56 Å². The molecule has 1 aromatic rings. The average Bonchev–Trinajstić information content (AvgIpc) is 2.32. The normalized spacial score (nSPS) is 13.6. The third-order valence-corrected chi connectivity index (χ3v) is 5.25. The fraction of sp³-hybridized carbons (Fsp3) is 0.571. The Bertz CT molecular complexity index is 495. The van der Waals surface area contributed by atoms with Crippen LogP contribution < -0.4 is 5.73 Å². The first-order valence-electron chi connectivity index (χ1n) is 6.39. The Labute approximate surface area is 110 Å². The molecule has 2 N–H and O–H groups in total. The van der Waals surface area contributed by atoms with Gasteiger partial charge < -0.3 is 5.73 Å². The van der Waals surface area contributed by atoms with Crippen LogP contribution in [0.15, 0.2) is 18.2 Å². The molecule has 0 fully saturated rings. The van der Waals surface area contributed by atoms with Gasteiger partial charge in [0.05, 0.1) is 5.75 Å². The summed E-state index contributed by atoms with van der Waals surface area (Å²) in [4.78, 5) is 0. The van der Waals surface area contributed by atoms with Crippen LogP contribution >= 0.6 is 0 Å². The van der Waals surface area contributed by atoms with Gasteiger partial charge in [0.15, 0.2) is 0 Å². The SMILES string of the molecule is CCS(=O)(=O)CCCC(N)c1cccc(C)c1C. The molecule has 0 saturated carbocycles. The third kappa shape index (κ3) is 4.10. The minimum absolute atomic E-state index is 0.0723. The number of nitrogens with two attached hydrogens (primary N) is 1. The molecule has 0 bridgehead atoms. The molecule has 0 radical (unpaired) electrons. The highest BCUT2D eigenvalue weighted by molar-refractivity contribution is 7.91. The van der Waals surface area contributed by atoms with Crippen LogP contribution in [0.4, 0.5) is 0 Å². The van der Waals surface area contributed by atoms with Crippen molar-refractivity contribution >= 4 is 9.84 Å². The monoisotopic (exact) mass is 269 g/mol. The summed E-state index contributed by atoms with van der Waals surface area (Å²) in [6.45, 7) is 5.81. The fourth-order valence-electron chi connectivity index (χ4n) is 2.00. The highest BCUT2D eigenvalue weighted by Crippen LogP contribution is 2.22. The molecule has 0 saturated heterocycles. The molecule has 0 heterocycles. The van der Waals surface area contributed by atoms with Gasteiger partial charge in [-0.1, -0.05) is 25.1 Å². The van der Waals surface area contributed by atoms with Gasteiger partial charge in [-0.25, -0.2) is 8.42 Å². The first-order valence-corrected chi connectivity index (χ1v) is 8.21. The van der Waals surface area contributed by atoms with E-state index in [2.05, 4.69) is 19.9 Å². The van der Waals surface area contributed by atoms with Crippen molar-refractivity contribution in [3.8, 4) is 0 Å². The zero-order valence-electron chi connectivity index (χ0n) is 11.4. The number of hydrogen-bond donors (Lipinski definition) is 1. The van der Waals surface area contributed by atoms with Crippen molar-refractivity contribution in [1.29, 1.82) is 0 Å². The average molecular weight is 269 g/mol. The van der Waals surface area contributed by atoms with Crippen LogP contribution in [0.2, 0.25) is 0 Å². The van der Waals surface area contributed by atoms with Gasteiger partial charge in [-0.15, -0.1) is 0 Å². The molecular weight excluding hydrogens is 246 g/mol. The number of aryl methyl sites for hydroxylation is 1. The second kappa shape index (κ2) is 6.34. The lowest BCUT2D eigenvalue weighted by Crippen LogP contribution is -2.15. The van der Waals surface area contributed by atoms with Gasteiger partial charge in [0.1, 0.15) is 9.84 Å². The van der Waals surface area contributed by atoms with E-state index < -0.39 is 9.84 Å². The third-order valence-electron chi connectivity index (χ3n) is 3.46. The van der Waals surface area contributed by atoms with Gasteiger partial charge in [0.25, 0.3) is 0 Å². The van der Waals surface area contributed by atoms with E-state index in [0.29, 0.717) is 12.8 Å². The molecule has 0 spiro atoms. The summed E-state index contributed by atoms with van der Waals surface area (Å²) < 4.78 is 22.8. The summed E-state index contributed by atoms with van der Waals surface area (Å²) >= 11 is 0. The molecule has 1 rings (SSSR count). The van der Waals surface area contributed by atoms with E-state index in [9.17, 15) is 8.42 Å². The van der Waals surface area contributed by atoms with Crippen molar-refractivity contribution < 1.29 is 8.42 Å². The molecule has 1 atom stereocenters. The molecule has 102 valence electrons.